The molecule has 2 heterocycles. The first-order valence-electron chi connectivity index (χ1n) is 5.35. The van der Waals surface area contributed by atoms with Gasteiger partial charge in [-0.05, 0) is 26.0 Å². The molecule has 0 bridgehead atoms. The second kappa shape index (κ2) is 5.20. The van der Waals surface area contributed by atoms with E-state index < -0.39 is 0 Å². The minimum atomic E-state index is 0.0326. The van der Waals surface area contributed by atoms with E-state index in [1.807, 2.05) is 6.92 Å². The van der Waals surface area contributed by atoms with Crippen molar-refractivity contribution in [1.29, 1.82) is 0 Å². The number of aryl methyl sites for hydroxylation is 2. The first-order chi connectivity index (χ1) is 8.06. The molecule has 0 saturated heterocycles. The Morgan fingerprint density at radius 1 is 1.35 bits per heavy atom. The van der Waals surface area contributed by atoms with Gasteiger partial charge in [-0.25, -0.2) is 0 Å². The molecule has 0 aliphatic heterocycles. The van der Waals surface area contributed by atoms with Gasteiger partial charge in [0.25, 0.3) is 5.22 Å². The molecule has 4 nitrogen and oxygen atoms in total. The van der Waals surface area contributed by atoms with E-state index in [1.54, 1.807) is 18.3 Å². The molecule has 0 fully saturated rings. The van der Waals surface area contributed by atoms with Crippen molar-refractivity contribution in [2.45, 2.75) is 37.3 Å². The molecular formula is C11H15N3OS2. The Morgan fingerprint density at radius 2 is 2.12 bits per heavy atom. The predicted octanol–water partition coefficient (Wildman–Crippen LogP) is 2.93. The molecule has 2 aromatic heterocycles. The molecule has 0 radical (unpaired) electrons. The van der Waals surface area contributed by atoms with E-state index in [0.29, 0.717) is 11.1 Å². The van der Waals surface area contributed by atoms with Crippen LogP contribution in [0.5, 0.6) is 0 Å². The zero-order chi connectivity index (χ0) is 12.4. The lowest BCUT2D eigenvalue weighted by molar-refractivity contribution is 0.428. The summed E-state index contributed by atoms with van der Waals surface area (Å²) in [6.07, 6.45) is 0. The number of nitrogens with two attached hydrogens (primary N) is 1. The molecule has 17 heavy (non-hydrogen) atoms. The lowest BCUT2D eigenvalue weighted by Crippen LogP contribution is -2.21. The zero-order valence-corrected chi connectivity index (χ0v) is 11.6. The van der Waals surface area contributed by atoms with Crippen molar-refractivity contribution >= 4 is 23.1 Å². The van der Waals surface area contributed by atoms with Crippen molar-refractivity contribution in [1.82, 2.24) is 10.2 Å². The van der Waals surface area contributed by atoms with Gasteiger partial charge in [-0.1, -0.05) is 11.8 Å². The molecule has 0 amide bonds. The molecule has 92 valence electrons. The van der Waals surface area contributed by atoms with E-state index >= 15 is 0 Å². The smallest absolute Gasteiger partial charge is 0.277 e. The summed E-state index contributed by atoms with van der Waals surface area (Å²) in [5.41, 5.74) is 6.03. The average Bonchev–Trinajstić information content (AvgIpc) is 2.83. The maximum atomic E-state index is 6.03. The first-order valence-corrected chi connectivity index (χ1v) is 7.04. The van der Waals surface area contributed by atoms with Crippen LogP contribution in [-0.4, -0.2) is 16.2 Å². The van der Waals surface area contributed by atoms with E-state index in [1.165, 1.54) is 21.5 Å². The normalized spacial score (nSPS) is 14.8. The van der Waals surface area contributed by atoms with Gasteiger partial charge >= 0.3 is 0 Å². The second-order valence-electron chi connectivity index (χ2n) is 3.93. The molecule has 2 N–H and O–H groups in total. The standard InChI is InChI=1S/C11H15N3OS2/c1-6-4-5-9(16-6)10(7(2)12)17-11-14-13-8(3)15-11/h4-5,7,10H,12H2,1-3H3. The number of aromatic nitrogens is 2. The number of hydrogen-bond acceptors (Lipinski definition) is 6. The number of thiophene rings is 1. The lowest BCUT2D eigenvalue weighted by atomic mass is 10.2. The summed E-state index contributed by atoms with van der Waals surface area (Å²) >= 11 is 3.29. The number of hydrogen-bond donors (Lipinski definition) is 1. The van der Waals surface area contributed by atoms with Crippen LogP contribution in [0.3, 0.4) is 0 Å². The largest absolute Gasteiger partial charge is 0.416 e. The third kappa shape index (κ3) is 3.08. The van der Waals surface area contributed by atoms with Crippen molar-refractivity contribution in [3.05, 3.63) is 27.8 Å². The average molecular weight is 269 g/mol. The molecule has 0 aromatic carbocycles. The van der Waals surface area contributed by atoms with Gasteiger partial charge in [0.15, 0.2) is 0 Å². The Balaban J connectivity index is 2.18. The van der Waals surface area contributed by atoms with Crippen LogP contribution in [0.1, 0.15) is 27.8 Å². The predicted molar refractivity (Wildman–Crippen MR) is 70.3 cm³/mol. The van der Waals surface area contributed by atoms with Crippen molar-refractivity contribution in [3.63, 3.8) is 0 Å². The van der Waals surface area contributed by atoms with Gasteiger partial charge in [-0.15, -0.1) is 21.5 Å². The van der Waals surface area contributed by atoms with Gasteiger partial charge in [0, 0.05) is 22.7 Å². The Bertz CT molecular complexity index is 492. The molecule has 0 spiro atoms. The van der Waals surface area contributed by atoms with Crippen LogP contribution < -0.4 is 5.73 Å². The molecule has 2 aromatic rings. The fraction of sp³-hybridized carbons (Fsp3) is 0.455. The minimum absolute atomic E-state index is 0.0326. The Kier molecular flexibility index (Phi) is 3.86. The molecule has 0 aliphatic rings. The molecule has 2 unspecified atom stereocenters. The summed E-state index contributed by atoms with van der Waals surface area (Å²) in [5.74, 6) is 0.582. The van der Waals surface area contributed by atoms with Crippen LogP contribution in [0.4, 0.5) is 0 Å². The first kappa shape index (κ1) is 12.6. The maximum Gasteiger partial charge on any atom is 0.277 e. The van der Waals surface area contributed by atoms with Crippen LogP contribution >= 0.6 is 23.1 Å². The van der Waals surface area contributed by atoms with Crippen LogP contribution in [-0.2, 0) is 0 Å². The summed E-state index contributed by atoms with van der Waals surface area (Å²) in [6, 6.07) is 4.25. The van der Waals surface area contributed by atoms with Crippen LogP contribution in [0.15, 0.2) is 21.8 Å². The van der Waals surface area contributed by atoms with E-state index in [-0.39, 0.29) is 11.3 Å². The second-order valence-corrected chi connectivity index (χ2v) is 6.35. The highest BCUT2D eigenvalue weighted by Gasteiger charge is 2.22. The SMILES string of the molecule is Cc1nnc(SC(c2ccc(C)s2)C(C)N)o1. The molecule has 6 heteroatoms. The molecule has 0 aliphatic carbocycles. The van der Waals surface area contributed by atoms with Crippen LogP contribution in [0.2, 0.25) is 0 Å². The number of nitrogens with zero attached hydrogens (tertiary/aromatic N) is 2. The van der Waals surface area contributed by atoms with Crippen molar-refractivity contribution in [3.8, 4) is 0 Å². The summed E-state index contributed by atoms with van der Waals surface area (Å²) in [5, 5.41) is 8.56. The fourth-order valence-corrected chi connectivity index (χ4v) is 3.61. The third-order valence-corrected chi connectivity index (χ3v) is 4.79. The fourth-order valence-electron chi connectivity index (χ4n) is 1.47. The highest BCUT2D eigenvalue weighted by Crippen LogP contribution is 2.39. The van der Waals surface area contributed by atoms with Crippen LogP contribution in [0.25, 0.3) is 0 Å². The van der Waals surface area contributed by atoms with E-state index in [4.69, 9.17) is 10.2 Å². The van der Waals surface area contributed by atoms with Gasteiger partial charge in [0.1, 0.15) is 0 Å². The summed E-state index contributed by atoms with van der Waals surface area (Å²) < 4.78 is 5.38. The van der Waals surface area contributed by atoms with Gasteiger partial charge in [-0.2, -0.15) is 0 Å². The van der Waals surface area contributed by atoms with Crippen molar-refractivity contribution in [2.75, 3.05) is 0 Å². The third-order valence-electron chi connectivity index (χ3n) is 2.25. The highest BCUT2D eigenvalue weighted by atomic mass is 32.2. The van der Waals surface area contributed by atoms with Crippen molar-refractivity contribution in [2.24, 2.45) is 5.73 Å². The number of rotatable bonds is 4. The Morgan fingerprint density at radius 3 is 2.59 bits per heavy atom. The molecule has 0 saturated carbocycles. The molecule has 2 rings (SSSR count). The Labute approximate surface area is 109 Å². The monoisotopic (exact) mass is 269 g/mol. The van der Waals surface area contributed by atoms with Crippen molar-refractivity contribution < 1.29 is 4.42 Å². The van der Waals surface area contributed by atoms with Gasteiger partial charge < -0.3 is 10.2 Å². The van der Waals surface area contributed by atoms with Crippen LogP contribution in [0, 0.1) is 13.8 Å². The van der Waals surface area contributed by atoms with Gasteiger partial charge in [0.05, 0.1) is 5.25 Å². The Hall–Kier alpha value is -0.850. The highest BCUT2D eigenvalue weighted by molar-refractivity contribution is 7.99. The maximum absolute atomic E-state index is 6.03. The van der Waals surface area contributed by atoms with E-state index in [2.05, 4.69) is 29.3 Å². The van der Waals surface area contributed by atoms with Gasteiger partial charge in [-0.3, -0.25) is 0 Å². The lowest BCUT2D eigenvalue weighted by Gasteiger charge is -2.16. The zero-order valence-electron chi connectivity index (χ0n) is 10.0. The van der Waals surface area contributed by atoms with E-state index in [9.17, 15) is 0 Å². The minimum Gasteiger partial charge on any atom is -0.416 e. The quantitative estimate of drug-likeness (QED) is 0.864. The van der Waals surface area contributed by atoms with Gasteiger partial charge in [0.2, 0.25) is 5.89 Å². The summed E-state index contributed by atoms with van der Waals surface area (Å²) in [4.78, 5) is 2.53. The summed E-state index contributed by atoms with van der Waals surface area (Å²) in [6.45, 7) is 5.87. The topological polar surface area (TPSA) is 64.9 Å². The molecular weight excluding hydrogens is 254 g/mol. The van der Waals surface area contributed by atoms with E-state index in [0.717, 1.165) is 0 Å². The summed E-state index contributed by atoms with van der Waals surface area (Å²) in [7, 11) is 0. The number of thioether (sulfide) groups is 1. The molecule has 2 atom stereocenters.